The molecule has 5 nitrogen and oxygen atoms in total. The monoisotopic (exact) mass is 237 g/mol. The first-order chi connectivity index (χ1) is 8.08. The predicted octanol–water partition coefficient (Wildman–Crippen LogP) is 3.29. The molecule has 5 heteroatoms. The molecule has 1 atom stereocenters. The van der Waals surface area contributed by atoms with E-state index >= 15 is 0 Å². The van der Waals surface area contributed by atoms with Crippen molar-refractivity contribution in [3.05, 3.63) is 27.9 Å². The molecule has 0 aliphatic carbocycles. The first-order valence-corrected chi connectivity index (χ1v) is 5.96. The maximum absolute atomic E-state index is 10.6. The molecule has 0 bridgehead atoms. The molecule has 1 unspecified atom stereocenters. The van der Waals surface area contributed by atoms with E-state index in [-0.39, 0.29) is 5.69 Å². The molecule has 0 aromatic carbocycles. The predicted molar refractivity (Wildman–Crippen MR) is 68.2 cm³/mol. The van der Waals surface area contributed by atoms with Crippen LogP contribution < -0.4 is 5.32 Å². The fraction of sp³-hybridized carbons (Fsp3) is 0.583. The summed E-state index contributed by atoms with van der Waals surface area (Å²) in [6, 6.07) is 1.93. The number of aryl methyl sites for hydroxylation is 1. The highest BCUT2D eigenvalue weighted by Gasteiger charge is 2.12. The third-order valence-electron chi connectivity index (χ3n) is 2.75. The number of hydrogen-bond acceptors (Lipinski definition) is 4. The Balaban J connectivity index is 2.81. The molecule has 0 radical (unpaired) electrons. The molecule has 17 heavy (non-hydrogen) atoms. The number of nitrogens with zero attached hydrogens (tertiary/aromatic N) is 2. The lowest BCUT2D eigenvalue weighted by molar-refractivity contribution is -0.385. The lowest BCUT2D eigenvalue weighted by atomic mass is 10.1. The third kappa shape index (κ3) is 3.69. The smallest absolute Gasteiger partial charge is 0.287 e. The molecule has 94 valence electrons. The van der Waals surface area contributed by atoms with Gasteiger partial charge in [-0.05, 0) is 25.3 Å². The van der Waals surface area contributed by atoms with Crippen molar-refractivity contribution in [2.45, 2.75) is 46.1 Å². The lowest BCUT2D eigenvalue weighted by Crippen LogP contribution is -2.19. The van der Waals surface area contributed by atoms with Crippen LogP contribution in [0.5, 0.6) is 0 Å². The maximum Gasteiger partial charge on any atom is 0.287 e. The Morgan fingerprint density at radius 1 is 1.53 bits per heavy atom. The minimum Gasteiger partial charge on any atom is -0.367 e. The van der Waals surface area contributed by atoms with Gasteiger partial charge in [0, 0.05) is 12.1 Å². The van der Waals surface area contributed by atoms with Gasteiger partial charge in [-0.1, -0.05) is 20.3 Å². The summed E-state index contributed by atoms with van der Waals surface area (Å²) in [5.74, 6) is 0.746. The number of nitro groups is 1. The van der Waals surface area contributed by atoms with Crippen LogP contribution in [0.1, 0.15) is 38.7 Å². The van der Waals surface area contributed by atoms with E-state index in [9.17, 15) is 10.1 Å². The molecule has 0 saturated carbocycles. The van der Waals surface area contributed by atoms with Gasteiger partial charge in [-0.15, -0.1) is 0 Å². The van der Waals surface area contributed by atoms with Gasteiger partial charge in [0.15, 0.2) is 0 Å². The minimum absolute atomic E-state index is 0.0385. The highest BCUT2D eigenvalue weighted by molar-refractivity contribution is 5.48. The average Bonchev–Trinajstić information content (AvgIpc) is 2.30. The largest absolute Gasteiger partial charge is 0.367 e. The molecular formula is C12H19N3O2. The highest BCUT2D eigenvalue weighted by atomic mass is 16.6. The van der Waals surface area contributed by atoms with Crippen LogP contribution >= 0.6 is 0 Å². The second kappa shape index (κ2) is 6.18. The van der Waals surface area contributed by atoms with Crippen LogP contribution in [0.15, 0.2) is 12.3 Å². The fourth-order valence-corrected chi connectivity index (χ4v) is 1.73. The third-order valence-corrected chi connectivity index (χ3v) is 2.75. The van der Waals surface area contributed by atoms with Crippen LogP contribution in [0.3, 0.4) is 0 Å². The van der Waals surface area contributed by atoms with Crippen LogP contribution in [0.4, 0.5) is 11.5 Å². The van der Waals surface area contributed by atoms with Crippen LogP contribution in [0.25, 0.3) is 0 Å². The van der Waals surface area contributed by atoms with Crippen molar-refractivity contribution in [2.24, 2.45) is 0 Å². The van der Waals surface area contributed by atoms with Crippen molar-refractivity contribution in [3.8, 4) is 0 Å². The van der Waals surface area contributed by atoms with Gasteiger partial charge in [0.25, 0.3) is 5.69 Å². The molecule has 1 aromatic heterocycles. The summed E-state index contributed by atoms with van der Waals surface area (Å²) >= 11 is 0. The lowest BCUT2D eigenvalue weighted by Gasteiger charge is -2.17. The standard InChI is InChI=1S/C12H19N3O2/c1-4-6-10(5-2)14-12-9(3)7-11(8-13-12)15(16)17/h7-8,10H,4-6H2,1-3H3,(H,13,14). The first kappa shape index (κ1) is 13.4. The molecule has 0 amide bonds. The number of rotatable bonds is 6. The van der Waals surface area contributed by atoms with Gasteiger partial charge in [0.2, 0.25) is 0 Å². The van der Waals surface area contributed by atoms with Crippen molar-refractivity contribution in [1.29, 1.82) is 0 Å². The molecule has 0 aliphatic rings. The van der Waals surface area contributed by atoms with E-state index in [1.807, 2.05) is 6.92 Å². The van der Waals surface area contributed by atoms with Gasteiger partial charge in [-0.2, -0.15) is 0 Å². The van der Waals surface area contributed by atoms with E-state index in [2.05, 4.69) is 24.1 Å². The Labute approximate surface area is 101 Å². The Hall–Kier alpha value is -1.65. The Kier molecular flexibility index (Phi) is 4.87. The van der Waals surface area contributed by atoms with Gasteiger partial charge in [0.05, 0.1) is 4.92 Å². The fourth-order valence-electron chi connectivity index (χ4n) is 1.73. The molecule has 1 heterocycles. The van der Waals surface area contributed by atoms with Crippen molar-refractivity contribution < 1.29 is 4.92 Å². The first-order valence-electron chi connectivity index (χ1n) is 5.96. The zero-order valence-electron chi connectivity index (χ0n) is 10.6. The SMILES string of the molecule is CCCC(CC)Nc1ncc([N+](=O)[O-])cc1C. The topological polar surface area (TPSA) is 68.1 Å². The number of aromatic nitrogens is 1. The van der Waals surface area contributed by atoms with Crippen LogP contribution in [0.2, 0.25) is 0 Å². The summed E-state index contributed by atoms with van der Waals surface area (Å²) in [6.07, 6.45) is 4.51. The van der Waals surface area contributed by atoms with E-state index in [1.165, 1.54) is 6.20 Å². The Morgan fingerprint density at radius 2 is 2.24 bits per heavy atom. The van der Waals surface area contributed by atoms with Gasteiger partial charge < -0.3 is 5.32 Å². The Morgan fingerprint density at radius 3 is 2.71 bits per heavy atom. The van der Waals surface area contributed by atoms with Gasteiger partial charge in [0.1, 0.15) is 12.0 Å². The van der Waals surface area contributed by atoms with E-state index in [4.69, 9.17) is 0 Å². The van der Waals surface area contributed by atoms with Crippen molar-refractivity contribution >= 4 is 11.5 Å². The summed E-state index contributed by atoms with van der Waals surface area (Å²) in [7, 11) is 0. The van der Waals surface area contributed by atoms with Crippen LogP contribution in [-0.2, 0) is 0 Å². The average molecular weight is 237 g/mol. The summed E-state index contributed by atoms with van der Waals surface area (Å²) in [5.41, 5.74) is 0.852. The van der Waals surface area contributed by atoms with Crippen molar-refractivity contribution in [2.75, 3.05) is 5.32 Å². The Bertz CT molecular complexity index is 393. The van der Waals surface area contributed by atoms with Crippen LogP contribution in [0, 0.1) is 17.0 Å². The van der Waals surface area contributed by atoms with E-state index in [0.29, 0.717) is 6.04 Å². The van der Waals surface area contributed by atoms with Crippen molar-refractivity contribution in [3.63, 3.8) is 0 Å². The summed E-state index contributed by atoms with van der Waals surface area (Å²) in [6.45, 7) is 6.09. The zero-order chi connectivity index (χ0) is 12.8. The summed E-state index contributed by atoms with van der Waals surface area (Å²) < 4.78 is 0. The van der Waals surface area contributed by atoms with Crippen molar-refractivity contribution in [1.82, 2.24) is 4.98 Å². The molecule has 0 aliphatic heterocycles. The quantitative estimate of drug-likeness (QED) is 0.609. The minimum atomic E-state index is -0.423. The molecular weight excluding hydrogens is 218 g/mol. The second-order valence-corrected chi connectivity index (χ2v) is 4.15. The number of pyridine rings is 1. The zero-order valence-corrected chi connectivity index (χ0v) is 10.6. The molecule has 0 spiro atoms. The number of nitrogens with one attached hydrogen (secondary N) is 1. The van der Waals surface area contributed by atoms with E-state index in [0.717, 1.165) is 30.6 Å². The molecule has 1 aromatic rings. The van der Waals surface area contributed by atoms with Crippen LogP contribution in [-0.4, -0.2) is 15.9 Å². The van der Waals surface area contributed by atoms with E-state index in [1.54, 1.807) is 6.07 Å². The number of anilines is 1. The van der Waals surface area contributed by atoms with E-state index < -0.39 is 4.92 Å². The summed E-state index contributed by atoms with van der Waals surface area (Å²) in [4.78, 5) is 14.3. The molecule has 1 rings (SSSR count). The molecule has 0 fully saturated rings. The number of hydrogen-bond donors (Lipinski definition) is 1. The second-order valence-electron chi connectivity index (χ2n) is 4.15. The maximum atomic E-state index is 10.6. The molecule has 0 saturated heterocycles. The summed E-state index contributed by atoms with van der Waals surface area (Å²) in [5, 5.41) is 13.9. The van der Waals surface area contributed by atoms with Gasteiger partial charge in [-0.3, -0.25) is 10.1 Å². The molecule has 1 N–H and O–H groups in total. The normalized spacial score (nSPS) is 12.2. The van der Waals surface area contributed by atoms with Gasteiger partial charge >= 0.3 is 0 Å². The highest BCUT2D eigenvalue weighted by Crippen LogP contribution is 2.19. The van der Waals surface area contributed by atoms with Gasteiger partial charge in [-0.25, -0.2) is 4.98 Å².